The Morgan fingerprint density at radius 2 is 1.86 bits per heavy atom. The minimum absolute atomic E-state index is 0.0115. The number of aliphatic hydroxyl groups excluding tert-OH is 1. The molecule has 1 aliphatic rings. The van der Waals surface area contributed by atoms with Crippen molar-refractivity contribution in [2.45, 2.75) is 20.0 Å². The molecule has 0 spiro atoms. The summed E-state index contributed by atoms with van der Waals surface area (Å²) in [5.74, 6) is 0.0794. The minimum Gasteiger partial charge on any atom is -0.388 e. The van der Waals surface area contributed by atoms with Crippen LogP contribution in [0.15, 0.2) is 24.3 Å². The van der Waals surface area contributed by atoms with Crippen LogP contribution in [0.5, 0.6) is 0 Å². The summed E-state index contributed by atoms with van der Waals surface area (Å²) in [6.45, 7) is 3.80. The monoisotopic (exact) mass is 190 g/mol. The standard InChI is InChI=1S/C12H14O2/c1-7-8(2)12(14)10-6-4-3-5-9(10)11(7)13/h3-8,11,13H,1-2H3/t7-,8+,11?/m0/s1. The van der Waals surface area contributed by atoms with Crippen LogP contribution < -0.4 is 0 Å². The SMILES string of the molecule is C[C@@H]1C(O)c2ccccc2C(=O)[C@@H]1C. The smallest absolute Gasteiger partial charge is 0.166 e. The Balaban J connectivity index is 2.56. The van der Waals surface area contributed by atoms with Crippen LogP contribution in [0.4, 0.5) is 0 Å². The number of hydrogen-bond acceptors (Lipinski definition) is 2. The Kier molecular flexibility index (Phi) is 2.16. The Hall–Kier alpha value is -1.15. The Bertz CT molecular complexity index is 370. The number of hydrogen-bond donors (Lipinski definition) is 1. The lowest BCUT2D eigenvalue weighted by Gasteiger charge is -2.31. The summed E-state index contributed by atoms with van der Waals surface area (Å²) >= 11 is 0. The summed E-state index contributed by atoms with van der Waals surface area (Å²) in [5, 5.41) is 9.97. The molecular formula is C12H14O2. The van der Waals surface area contributed by atoms with Gasteiger partial charge < -0.3 is 5.11 Å². The third kappa shape index (κ3) is 1.18. The van der Waals surface area contributed by atoms with Gasteiger partial charge in [0.05, 0.1) is 6.10 Å². The minimum atomic E-state index is -0.501. The van der Waals surface area contributed by atoms with E-state index in [1.165, 1.54) is 0 Å². The van der Waals surface area contributed by atoms with Crippen molar-refractivity contribution in [1.29, 1.82) is 0 Å². The molecule has 1 aliphatic carbocycles. The van der Waals surface area contributed by atoms with Crippen molar-refractivity contribution in [3.05, 3.63) is 35.4 Å². The molecule has 0 aliphatic heterocycles. The van der Waals surface area contributed by atoms with Gasteiger partial charge in [0.25, 0.3) is 0 Å². The first kappa shape index (κ1) is 9.41. The number of ketones is 1. The van der Waals surface area contributed by atoms with Crippen molar-refractivity contribution in [1.82, 2.24) is 0 Å². The first-order valence-corrected chi connectivity index (χ1v) is 4.94. The Morgan fingerprint density at radius 1 is 1.21 bits per heavy atom. The molecular weight excluding hydrogens is 176 g/mol. The van der Waals surface area contributed by atoms with Gasteiger partial charge in [0, 0.05) is 11.5 Å². The van der Waals surface area contributed by atoms with Gasteiger partial charge >= 0.3 is 0 Å². The zero-order chi connectivity index (χ0) is 10.3. The van der Waals surface area contributed by atoms with Crippen molar-refractivity contribution in [2.24, 2.45) is 11.8 Å². The molecule has 0 fully saturated rings. The Morgan fingerprint density at radius 3 is 2.57 bits per heavy atom. The van der Waals surface area contributed by atoms with Crippen LogP contribution in [0.1, 0.15) is 35.9 Å². The van der Waals surface area contributed by atoms with Crippen molar-refractivity contribution in [3.8, 4) is 0 Å². The molecule has 0 bridgehead atoms. The fourth-order valence-corrected chi connectivity index (χ4v) is 2.02. The van der Waals surface area contributed by atoms with Crippen LogP contribution >= 0.6 is 0 Å². The predicted molar refractivity (Wildman–Crippen MR) is 54.1 cm³/mol. The molecule has 74 valence electrons. The van der Waals surface area contributed by atoms with Crippen LogP contribution in [0.2, 0.25) is 0 Å². The Labute approximate surface area is 83.6 Å². The number of Topliss-reactive ketones (excluding diaryl/α,β-unsaturated/α-hetero) is 1. The zero-order valence-electron chi connectivity index (χ0n) is 8.40. The third-order valence-corrected chi connectivity index (χ3v) is 3.25. The maximum atomic E-state index is 11.9. The summed E-state index contributed by atoms with van der Waals surface area (Å²) in [6.07, 6.45) is -0.501. The van der Waals surface area contributed by atoms with Crippen LogP contribution in [-0.4, -0.2) is 10.9 Å². The van der Waals surface area contributed by atoms with Gasteiger partial charge in [-0.25, -0.2) is 0 Å². The van der Waals surface area contributed by atoms with Gasteiger partial charge in [-0.15, -0.1) is 0 Å². The molecule has 1 aromatic rings. The highest BCUT2D eigenvalue weighted by atomic mass is 16.3. The topological polar surface area (TPSA) is 37.3 Å². The van der Waals surface area contributed by atoms with E-state index in [9.17, 15) is 9.90 Å². The first-order valence-electron chi connectivity index (χ1n) is 4.94. The lowest BCUT2D eigenvalue weighted by molar-refractivity contribution is 0.0569. The molecule has 2 rings (SSSR count). The van der Waals surface area contributed by atoms with Gasteiger partial charge in [0.1, 0.15) is 0 Å². The lowest BCUT2D eigenvalue weighted by Crippen LogP contribution is -2.31. The first-order chi connectivity index (χ1) is 6.63. The summed E-state index contributed by atoms with van der Waals surface area (Å²) in [5.41, 5.74) is 1.47. The van der Waals surface area contributed by atoms with E-state index in [0.717, 1.165) is 5.56 Å². The number of benzene rings is 1. The van der Waals surface area contributed by atoms with E-state index in [-0.39, 0.29) is 17.6 Å². The van der Waals surface area contributed by atoms with Gasteiger partial charge in [0.2, 0.25) is 0 Å². The van der Waals surface area contributed by atoms with Crippen LogP contribution in [0.25, 0.3) is 0 Å². The number of carbonyl (C=O) groups is 1. The van der Waals surface area contributed by atoms with E-state index in [4.69, 9.17) is 0 Å². The fourth-order valence-electron chi connectivity index (χ4n) is 2.02. The molecule has 1 aromatic carbocycles. The molecule has 2 heteroatoms. The molecule has 2 nitrogen and oxygen atoms in total. The molecule has 1 N–H and O–H groups in total. The molecule has 0 aromatic heterocycles. The third-order valence-electron chi connectivity index (χ3n) is 3.25. The predicted octanol–water partition coefficient (Wildman–Crippen LogP) is 2.19. The highest BCUT2D eigenvalue weighted by Gasteiger charge is 2.35. The highest BCUT2D eigenvalue weighted by Crippen LogP contribution is 2.37. The van der Waals surface area contributed by atoms with Gasteiger partial charge in [-0.2, -0.15) is 0 Å². The summed E-state index contributed by atoms with van der Waals surface area (Å²) in [7, 11) is 0. The van der Waals surface area contributed by atoms with Gasteiger partial charge in [-0.1, -0.05) is 38.1 Å². The van der Waals surface area contributed by atoms with E-state index in [1.807, 2.05) is 32.0 Å². The second kappa shape index (κ2) is 3.21. The maximum absolute atomic E-state index is 11.9. The molecule has 14 heavy (non-hydrogen) atoms. The summed E-state index contributed by atoms with van der Waals surface area (Å²) in [6, 6.07) is 7.33. The number of fused-ring (bicyclic) bond motifs is 1. The van der Waals surface area contributed by atoms with E-state index in [1.54, 1.807) is 6.07 Å². The molecule has 0 saturated carbocycles. The lowest BCUT2D eigenvalue weighted by atomic mass is 9.75. The molecule has 0 heterocycles. The van der Waals surface area contributed by atoms with Crippen LogP contribution in [0.3, 0.4) is 0 Å². The fraction of sp³-hybridized carbons (Fsp3) is 0.417. The molecule has 0 amide bonds. The van der Waals surface area contributed by atoms with Crippen LogP contribution in [-0.2, 0) is 0 Å². The second-order valence-corrected chi connectivity index (χ2v) is 4.04. The van der Waals surface area contributed by atoms with Crippen molar-refractivity contribution in [2.75, 3.05) is 0 Å². The average Bonchev–Trinajstić information content (AvgIpc) is 2.23. The van der Waals surface area contributed by atoms with Gasteiger partial charge in [0.15, 0.2) is 5.78 Å². The number of aliphatic hydroxyl groups is 1. The van der Waals surface area contributed by atoms with Gasteiger partial charge in [-0.05, 0) is 11.5 Å². The van der Waals surface area contributed by atoms with E-state index < -0.39 is 6.10 Å². The van der Waals surface area contributed by atoms with Crippen molar-refractivity contribution in [3.63, 3.8) is 0 Å². The van der Waals surface area contributed by atoms with Crippen molar-refractivity contribution < 1.29 is 9.90 Å². The maximum Gasteiger partial charge on any atom is 0.166 e. The normalized spacial score (nSPS) is 31.4. The van der Waals surface area contributed by atoms with E-state index in [2.05, 4.69) is 0 Å². The molecule has 0 saturated heterocycles. The largest absolute Gasteiger partial charge is 0.388 e. The van der Waals surface area contributed by atoms with Crippen molar-refractivity contribution >= 4 is 5.78 Å². The quantitative estimate of drug-likeness (QED) is 0.680. The molecule has 3 atom stereocenters. The van der Waals surface area contributed by atoms with E-state index in [0.29, 0.717) is 5.56 Å². The molecule has 1 unspecified atom stereocenters. The van der Waals surface area contributed by atoms with E-state index >= 15 is 0 Å². The average molecular weight is 190 g/mol. The highest BCUT2D eigenvalue weighted by molar-refractivity contribution is 6.00. The van der Waals surface area contributed by atoms with Gasteiger partial charge in [-0.3, -0.25) is 4.79 Å². The summed E-state index contributed by atoms with van der Waals surface area (Å²) in [4.78, 5) is 11.9. The zero-order valence-corrected chi connectivity index (χ0v) is 8.40. The summed E-state index contributed by atoms with van der Waals surface area (Å²) < 4.78 is 0. The second-order valence-electron chi connectivity index (χ2n) is 4.04. The molecule has 0 radical (unpaired) electrons. The number of carbonyl (C=O) groups excluding carboxylic acids is 1. The number of rotatable bonds is 0. The van der Waals surface area contributed by atoms with Crippen LogP contribution in [0, 0.1) is 11.8 Å².